The van der Waals surface area contributed by atoms with Crippen LogP contribution in [0.15, 0.2) is 52.2 Å². The first-order valence-corrected chi connectivity index (χ1v) is 9.02. The Labute approximate surface area is 156 Å². The summed E-state index contributed by atoms with van der Waals surface area (Å²) in [5.74, 6) is 2.56. The van der Waals surface area contributed by atoms with Crippen molar-refractivity contribution < 1.29 is 13.9 Å². The third kappa shape index (κ3) is 4.08. The van der Waals surface area contributed by atoms with Crippen molar-refractivity contribution in [2.45, 2.75) is 18.6 Å². The van der Waals surface area contributed by atoms with Gasteiger partial charge in [0.15, 0.2) is 5.16 Å². The molecular formula is C18H20N4O3S. The normalized spacial score (nSPS) is 10.7. The van der Waals surface area contributed by atoms with E-state index in [2.05, 4.69) is 10.2 Å². The molecule has 0 saturated heterocycles. The second-order valence-corrected chi connectivity index (χ2v) is 6.62. The van der Waals surface area contributed by atoms with Crippen LogP contribution in [-0.2, 0) is 11.3 Å². The summed E-state index contributed by atoms with van der Waals surface area (Å²) in [5.41, 5.74) is 0.923. The number of carbonyl (C=O) groups is 1. The Morgan fingerprint density at radius 3 is 2.69 bits per heavy atom. The number of thioether (sulfide) groups is 1. The number of aromatic nitrogens is 3. The van der Waals surface area contributed by atoms with Crippen LogP contribution in [0.4, 0.5) is 0 Å². The third-order valence-electron chi connectivity index (χ3n) is 3.85. The smallest absolute Gasteiger partial charge is 0.233 e. The highest BCUT2D eigenvalue weighted by Crippen LogP contribution is 2.23. The van der Waals surface area contributed by atoms with Crippen LogP contribution in [0.2, 0.25) is 0 Å². The van der Waals surface area contributed by atoms with Crippen molar-refractivity contribution in [2.75, 3.05) is 19.9 Å². The van der Waals surface area contributed by atoms with Gasteiger partial charge in [-0.2, -0.15) is 0 Å². The number of furan rings is 1. The van der Waals surface area contributed by atoms with Crippen molar-refractivity contribution in [3.63, 3.8) is 0 Å². The molecule has 0 spiro atoms. The number of hydrogen-bond acceptors (Lipinski definition) is 6. The van der Waals surface area contributed by atoms with Gasteiger partial charge in [0.2, 0.25) is 5.91 Å². The number of carbonyl (C=O) groups excluding carboxylic acids is 1. The lowest BCUT2D eigenvalue weighted by Crippen LogP contribution is -2.27. The first kappa shape index (κ1) is 18.1. The summed E-state index contributed by atoms with van der Waals surface area (Å²) in [6, 6.07) is 11.3. The molecule has 1 aromatic carbocycles. The third-order valence-corrected chi connectivity index (χ3v) is 4.76. The van der Waals surface area contributed by atoms with Gasteiger partial charge < -0.3 is 14.1 Å². The molecule has 0 aliphatic heterocycles. The number of hydrogen-bond donors (Lipinski definition) is 0. The van der Waals surface area contributed by atoms with Crippen LogP contribution in [0.5, 0.6) is 5.75 Å². The van der Waals surface area contributed by atoms with Gasteiger partial charge >= 0.3 is 0 Å². The largest absolute Gasteiger partial charge is 0.497 e. The lowest BCUT2D eigenvalue weighted by Gasteiger charge is -2.15. The highest BCUT2D eigenvalue weighted by molar-refractivity contribution is 7.99. The highest BCUT2D eigenvalue weighted by atomic mass is 32.2. The predicted octanol–water partition coefficient (Wildman–Crippen LogP) is 2.93. The van der Waals surface area contributed by atoms with Gasteiger partial charge in [-0.25, -0.2) is 0 Å². The van der Waals surface area contributed by atoms with Crippen LogP contribution >= 0.6 is 11.8 Å². The molecule has 136 valence electrons. The maximum absolute atomic E-state index is 12.4. The van der Waals surface area contributed by atoms with Gasteiger partial charge in [0.25, 0.3) is 0 Å². The molecule has 0 radical (unpaired) electrons. The topological polar surface area (TPSA) is 73.4 Å². The molecule has 0 N–H and O–H groups in total. The zero-order valence-electron chi connectivity index (χ0n) is 14.9. The molecule has 2 aromatic heterocycles. The minimum atomic E-state index is -0.00617. The Balaban J connectivity index is 1.67. The van der Waals surface area contributed by atoms with Crippen LogP contribution < -0.4 is 4.74 Å². The predicted molar refractivity (Wildman–Crippen MR) is 98.6 cm³/mol. The molecular weight excluding hydrogens is 352 g/mol. The van der Waals surface area contributed by atoms with Crippen molar-refractivity contribution in [2.24, 2.45) is 0 Å². The summed E-state index contributed by atoms with van der Waals surface area (Å²) in [6.07, 6.45) is 1.60. The Bertz CT molecular complexity index is 859. The van der Waals surface area contributed by atoms with Crippen molar-refractivity contribution >= 4 is 17.7 Å². The van der Waals surface area contributed by atoms with Crippen LogP contribution in [0.3, 0.4) is 0 Å². The average molecular weight is 372 g/mol. The molecule has 7 nitrogen and oxygen atoms in total. The fraction of sp³-hybridized carbons (Fsp3) is 0.278. The fourth-order valence-electron chi connectivity index (χ4n) is 2.43. The summed E-state index contributed by atoms with van der Waals surface area (Å²) in [6.45, 7) is 2.32. The van der Waals surface area contributed by atoms with E-state index in [0.29, 0.717) is 11.7 Å². The van der Waals surface area contributed by atoms with Crippen molar-refractivity contribution in [3.8, 4) is 11.4 Å². The standard InChI is InChI=1S/C18H20N4O3S/c1-13-19-20-18(22(13)14-6-8-15(24-3)9-7-14)26-12-17(23)21(2)11-16-5-4-10-25-16/h4-10H,11-12H2,1-3H3. The van der Waals surface area contributed by atoms with Crippen LogP contribution in [0, 0.1) is 6.92 Å². The SMILES string of the molecule is COc1ccc(-n2c(C)nnc2SCC(=O)N(C)Cc2ccco2)cc1. The van der Waals surface area contributed by atoms with Gasteiger partial charge in [-0.1, -0.05) is 11.8 Å². The molecule has 0 saturated carbocycles. The number of methoxy groups -OCH3 is 1. The van der Waals surface area contributed by atoms with E-state index in [1.54, 1.807) is 25.3 Å². The molecule has 0 bridgehead atoms. The van der Waals surface area contributed by atoms with Gasteiger partial charge in [-0.05, 0) is 43.3 Å². The molecule has 0 fully saturated rings. The maximum atomic E-state index is 12.4. The number of ether oxygens (including phenoxy) is 1. The van der Waals surface area contributed by atoms with E-state index in [1.165, 1.54) is 11.8 Å². The Morgan fingerprint density at radius 1 is 1.27 bits per heavy atom. The zero-order valence-corrected chi connectivity index (χ0v) is 15.7. The Morgan fingerprint density at radius 2 is 2.04 bits per heavy atom. The second kappa shape index (κ2) is 8.09. The first-order chi connectivity index (χ1) is 12.6. The molecule has 0 unspecified atom stereocenters. The van der Waals surface area contributed by atoms with Crippen molar-refractivity contribution in [3.05, 3.63) is 54.2 Å². The minimum Gasteiger partial charge on any atom is -0.497 e. The molecule has 1 amide bonds. The number of rotatable bonds is 7. The Kier molecular flexibility index (Phi) is 5.62. The highest BCUT2D eigenvalue weighted by Gasteiger charge is 2.16. The summed E-state index contributed by atoms with van der Waals surface area (Å²) in [4.78, 5) is 14.0. The second-order valence-electron chi connectivity index (χ2n) is 5.68. The summed E-state index contributed by atoms with van der Waals surface area (Å²) in [7, 11) is 3.38. The molecule has 0 aliphatic carbocycles. The number of nitrogens with zero attached hydrogens (tertiary/aromatic N) is 4. The van der Waals surface area contributed by atoms with Gasteiger partial charge in [0, 0.05) is 12.7 Å². The number of aryl methyl sites for hydroxylation is 1. The molecule has 3 aromatic rings. The van der Waals surface area contributed by atoms with Crippen LogP contribution in [-0.4, -0.2) is 45.5 Å². The van der Waals surface area contributed by atoms with E-state index in [9.17, 15) is 4.79 Å². The molecule has 0 aliphatic rings. The quantitative estimate of drug-likeness (QED) is 0.594. The van der Waals surface area contributed by atoms with Gasteiger partial charge in [0.05, 0.1) is 25.7 Å². The molecule has 26 heavy (non-hydrogen) atoms. The van der Waals surface area contributed by atoms with E-state index in [0.717, 1.165) is 23.0 Å². The summed E-state index contributed by atoms with van der Waals surface area (Å²) < 4.78 is 12.4. The van der Waals surface area contributed by atoms with E-state index >= 15 is 0 Å². The maximum Gasteiger partial charge on any atom is 0.233 e. The first-order valence-electron chi connectivity index (χ1n) is 8.04. The van der Waals surface area contributed by atoms with Gasteiger partial charge in [0.1, 0.15) is 17.3 Å². The lowest BCUT2D eigenvalue weighted by molar-refractivity contribution is -0.127. The van der Waals surface area contributed by atoms with Crippen molar-refractivity contribution in [1.29, 1.82) is 0 Å². The summed E-state index contributed by atoms with van der Waals surface area (Å²) in [5, 5.41) is 9.01. The number of amides is 1. The number of benzene rings is 1. The van der Waals surface area contributed by atoms with Crippen molar-refractivity contribution in [1.82, 2.24) is 19.7 Å². The van der Waals surface area contributed by atoms with E-state index in [1.807, 2.05) is 47.9 Å². The van der Waals surface area contributed by atoms with Gasteiger partial charge in [-0.3, -0.25) is 9.36 Å². The van der Waals surface area contributed by atoms with Gasteiger partial charge in [-0.15, -0.1) is 10.2 Å². The summed E-state index contributed by atoms with van der Waals surface area (Å²) >= 11 is 1.36. The van der Waals surface area contributed by atoms with E-state index in [4.69, 9.17) is 9.15 Å². The minimum absolute atomic E-state index is 0.00617. The van der Waals surface area contributed by atoms with E-state index < -0.39 is 0 Å². The van der Waals surface area contributed by atoms with Crippen LogP contribution in [0.1, 0.15) is 11.6 Å². The van der Waals surface area contributed by atoms with E-state index in [-0.39, 0.29) is 11.7 Å². The Hall–Kier alpha value is -2.74. The zero-order chi connectivity index (χ0) is 18.5. The monoisotopic (exact) mass is 372 g/mol. The lowest BCUT2D eigenvalue weighted by atomic mass is 10.3. The molecule has 2 heterocycles. The molecule has 8 heteroatoms. The molecule has 0 atom stereocenters. The molecule has 3 rings (SSSR count). The van der Waals surface area contributed by atoms with Crippen LogP contribution in [0.25, 0.3) is 5.69 Å². The fourth-order valence-corrected chi connectivity index (χ4v) is 3.36. The average Bonchev–Trinajstić information content (AvgIpc) is 3.29.